The van der Waals surface area contributed by atoms with Gasteiger partial charge in [-0.3, -0.25) is 19.7 Å². The summed E-state index contributed by atoms with van der Waals surface area (Å²) < 4.78 is 18.1. The van der Waals surface area contributed by atoms with Crippen LogP contribution >= 0.6 is 0 Å². The van der Waals surface area contributed by atoms with E-state index in [2.05, 4.69) is 21.9 Å². The fourth-order valence-electron chi connectivity index (χ4n) is 4.13. The zero-order valence-corrected chi connectivity index (χ0v) is 24.1. The molecule has 0 bridgehead atoms. The summed E-state index contributed by atoms with van der Waals surface area (Å²) in [5.41, 5.74) is 9.59. The summed E-state index contributed by atoms with van der Waals surface area (Å²) in [4.78, 5) is 20.4. The molecule has 2 aromatic heterocycles. The summed E-state index contributed by atoms with van der Waals surface area (Å²) in [6.07, 6.45) is 3.88. The molecule has 0 radical (unpaired) electrons. The topological polar surface area (TPSA) is 138 Å². The molecule has 0 aliphatic carbocycles. The number of aliphatic imine (C=N–C) groups is 1. The molecule has 3 aromatic rings. The molecule has 10 heteroatoms. The molecule has 3 unspecified atom stereocenters. The molecular formula is C30H42FN5O4. The maximum Gasteiger partial charge on any atom is 0.306 e. The number of aromatic nitrogens is 2. The van der Waals surface area contributed by atoms with Gasteiger partial charge >= 0.3 is 5.97 Å². The smallest absolute Gasteiger partial charge is 0.306 e. The summed E-state index contributed by atoms with van der Waals surface area (Å²) in [5, 5.41) is 22.2. The highest BCUT2D eigenvalue weighted by atomic mass is 19.1. The molecule has 218 valence electrons. The third-order valence-electron chi connectivity index (χ3n) is 6.70. The van der Waals surface area contributed by atoms with Gasteiger partial charge in [0, 0.05) is 36.3 Å². The standard InChI is InChI=1S/C15H17NO3.C8H9FN2.C7H16N2O/c1-10(15(17)18)8-13-11(2)19-16-14(13)9-12-6-4-3-5-7-12;1-3-6-4-7(9)8(10-2)5-11-6;1-6(10)9-4-3-7(2,8)5-9/h3-7,10H,8-9H2,1-2H3,(H,17,18);4-5H,2-3H2,1H3;6,10H,3-5,8H2,1-2H3. The van der Waals surface area contributed by atoms with Crippen LogP contribution < -0.4 is 5.73 Å². The third-order valence-corrected chi connectivity index (χ3v) is 6.70. The normalized spacial score (nSPS) is 18.1. The fourth-order valence-corrected chi connectivity index (χ4v) is 4.13. The molecule has 1 aliphatic heterocycles. The van der Waals surface area contributed by atoms with E-state index in [1.165, 1.54) is 12.3 Å². The fraction of sp³-hybridized carbons (Fsp3) is 0.467. The largest absolute Gasteiger partial charge is 0.481 e. The Morgan fingerprint density at radius 3 is 2.48 bits per heavy atom. The van der Waals surface area contributed by atoms with E-state index >= 15 is 0 Å². The Balaban J connectivity index is 0.000000228. The second-order valence-corrected chi connectivity index (χ2v) is 10.4. The quantitative estimate of drug-likeness (QED) is 0.340. The lowest BCUT2D eigenvalue weighted by Crippen LogP contribution is -2.41. The monoisotopic (exact) mass is 555 g/mol. The highest BCUT2D eigenvalue weighted by Gasteiger charge is 2.31. The van der Waals surface area contributed by atoms with Gasteiger partial charge in [0.05, 0.1) is 17.8 Å². The average molecular weight is 556 g/mol. The van der Waals surface area contributed by atoms with Crippen molar-refractivity contribution in [1.82, 2.24) is 15.0 Å². The number of aryl methyl sites for hydroxylation is 2. The van der Waals surface area contributed by atoms with Crippen molar-refractivity contribution in [3.05, 3.63) is 76.7 Å². The first-order chi connectivity index (χ1) is 18.9. The van der Waals surface area contributed by atoms with Gasteiger partial charge in [-0.05, 0) is 58.4 Å². The molecule has 1 aliphatic rings. The Morgan fingerprint density at radius 2 is 2.00 bits per heavy atom. The summed E-state index contributed by atoms with van der Waals surface area (Å²) in [7, 11) is 0. The second kappa shape index (κ2) is 15.4. The van der Waals surface area contributed by atoms with Crippen LogP contribution in [0.2, 0.25) is 0 Å². The Labute approximate surface area is 235 Å². The van der Waals surface area contributed by atoms with Crippen LogP contribution in [0, 0.1) is 18.7 Å². The molecule has 1 fully saturated rings. The van der Waals surface area contributed by atoms with E-state index in [4.69, 9.17) is 20.5 Å². The van der Waals surface area contributed by atoms with Crippen LogP contribution in [0.25, 0.3) is 0 Å². The molecule has 3 atom stereocenters. The highest BCUT2D eigenvalue weighted by molar-refractivity contribution is 5.70. The summed E-state index contributed by atoms with van der Waals surface area (Å²) in [6, 6.07) is 11.3. The number of aliphatic carboxylic acids is 1. The minimum atomic E-state index is -0.800. The van der Waals surface area contributed by atoms with Gasteiger partial charge in [-0.25, -0.2) is 4.39 Å². The van der Waals surface area contributed by atoms with Gasteiger partial charge in [0.25, 0.3) is 0 Å². The Morgan fingerprint density at radius 1 is 1.32 bits per heavy atom. The van der Waals surface area contributed by atoms with Gasteiger partial charge in [0.1, 0.15) is 17.7 Å². The predicted octanol–water partition coefficient (Wildman–Crippen LogP) is 4.70. The van der Waals surface area contributed by atoms with Crippen LogP contribution in [0.3, 0.4) is 0 Å². The van der Waals surface area contributed by atoms with Crippen molar-refractivity contribution in [3.8, 4) is 0 Å². The zero-order chi connectivity index (χ0) is 29.9. The van der Waals surface area contributed by atoms with Gasteiger partial charge < -0.3 is 20.5 Å². The Kier molecular flexibility index (Phi) is 12.6. The number of hydrogen-bond acceptors (Lipinski definition) is 8. The van der Waals surface area contributed by atoms with E-state index in [1.54, 1.807) is 13.8 Å². The van der Waals surface area contributed by atoms with E-state index in [9.17, 15) is 9.18 Å². The number of carboxylic acids is 1. The van der Waals surface area contributed by atoms with Gasteiger partial charge in [-0.1, -0.05) is 49.3 Å². The van der Waals surface area contributed by atoms with Crippen LogP contribution in [0.5, 0.6) is 0 Å². The van der Waals surface area contributed by atoms with Gasteiger partial charge in [-0.15, -0.1) is 0 Å². The lowest BCUT2D eigenvalue weighted by molar-refractivity contribution is -0.141. The molecule has 0 spiro atoms. The third kappa shape index (κ3) is 10.3. The van der Waals surface area contributed by atoms with Crippen LogP contribution in [-0.4, -0.2) is 62.8 Å². The molecule has 40 heavy (non-hydrogen) atoms. The number of pyridine rings is 1. The number of halogens is 1. The van der Waals surface area contributed by atoms with E-state index in [0.717, 1.165) is 48.4 Å². The second-order valence-electron chi connectivity index (χ2n) is 10.4. The van der Waals surface area contributed by atoms with Crippen molar-refractivity contribution in [2.24, 2.45) is 16.6 Å². The SMILES string of the molecule is C=Nc1cnc(CC)cc1F.CC(O)N1CCC(C)(N)C1.Cc1onc(Cc2ccccc2)c1CC(C)C(=O)O. The Bertz CT molecular complexity index is 1230. The average Bonchev–Trinajstić information content (AvgIpc) is 3.46. The minimum absolute atomic E-state index is 0.0863. The number of nitrogens with two attached hydrogens (primary N) is 1. The molecule has 1 saturated heterocycles. The number of carboxylic acid groups (broad SMARTS) is 1. The molecule has 1 aromatic carbocycles. The van der Waals surface area contributed by atoms with Gasteiger partial charge in [-0.2, -0.15) is 0 Å². The van der Waals surface area contributed by atoms with Crippen molar-refractivity contribution < 1.29 is 23.9 Å². The van der Waals surface area contributed by atoms with Crippen molar-refractivity contribution in [2.75, 3.05) is 13.1 Å². The minimum Gasteiger partial charge on any atom is -0.481 e. The summed E-state index contributed by atoms with van der Waals surface area (Å²) in [5.74, 6) is -0.884. The van der Waals surface area contributed by atoms with E-state index in [0.29, 0.717) is 18.6 Å². The van der Waals surface area contributed by atoms with E-state index < -0.39 is 11.9 Å². The highest BCUT2D eigenvalue weighted by Crippen LogP contribution is 2.21. The number of aliphatic hydroxyl groups excluding tert-OH is 1. The van der Waals surface area contributed by atoms with Crippen LogP contribution in [0.1, 0.15) is 62.4 Å². The number of carbonyl (C=O) groups is 1. The molecule has 4 N–H and O–H groups in total. The van der Waals surface area contributed by atoms with Crippen molar-refractivity contribution in [2.45, 2.75) is 72.1 Å². The number of likely N-dealkylation sites (tertiary alicyclic amines) is 1. The lowest BCUT2D eigenvalue weighted by atomic mass is 9.97. The lowest BCUT2D eigenvalue weighted by Gasteiger charge is -2.21. The number of benzene rings is 1. The predicted molar refractivity (Wildman–Crippen MR) is 154 cm³/mol. The van der Waals surface area contributed by atoms with Crippen molar-refractivity contribution >= 4 is 18.4 Å². The molecule has 3 heterocycles. The number of aliphatic hydroxyl groups is 1. The Hall–Kier alpha value is -3.47. The van der Waals surface area contributed by atoms with Crippen molar-refractivity contribution in [1.29, 1.82) is 0 Å². The molecule has 4 rings (SSSR count). The number of nitrogens with zero attached hydrogens (tertiary/aromatic N) is 4. The van der Waals surface area contributed by atoms with Crippen molar-refractivity contribution in [3.63, 3.8) is 0 Å². The summed E-state index contributed by atoms with van der Waals surface area (Å²) in [6.45, 7) is 14.2. The van der Waals surface area contributed by atoms with Crippen LogP contribution in [0.4, 0.5) is 10.1 Å². The molecule has 9 nitrogen and oxygen atoms in total. The number of rotatable bonds is 8. The first kappa shape index (κ1) is 32.7. The van der Waals surface area contributed by atoms with Gasteiger partial charge in [0.15, 0.2) is 5.82 Å². The van der Waals surface area contributed by atoms with Gasteiger partial charge in [0.2, 0.25) is 0 Å². The number of hydrogen-bond donors (Lipinski definition) is 3. The zero-order valence-electron chi connectivity index (χ0n) is 24.1. The molecule has 0 saturated carbocycles. The van der Waals surface area contributed by atoms with Crippen LogP contribution in [0.15, 0.2) is 52.1 Å². The molecular weight excluding hydrogens is 513 g/mol. The summed E-state index contributed by atoms with van der Waals surface area (Å²) >= 11 is 0. The first-order valence-electron chi connectivity index (χ1n) is 13.4. The van der Waals surface area contributed by atoms with E-state index in [1.807, 2.05) is 56.0 Å². The maximum atomic E-state index is 12.9. The van der Waals surface area contributed by atoms with E-state index in [-0.39, 0.29) is 23.3 Å². The maximum absolute atomic E-state index is 12.9. The molecule has 0 amide bonds. The van der Waals surface area contributed by atoms with Crippen LogP contribution in [-0.2, 0) is 24.1 Å². The first-order valence-corrected chi connectivity index (χ1v) is 13.4.